The van der Waals surface area contributed by atoms with Gasteiger partial charge >= 0.3 is 5.97 Å². The molecule has 2 N–H and O–H groups in total. The van der Waals surface area contributed by atoms with Crippen molar-refractivity contribution in [3.8, 4) is 5.75 Å². The number of aliphatic carboxylic acids is 1. The highest BCUT2D eigenvalue weighted by Crippen LogP contribution is 2.13. The fourth-order valence-corrected chi connectivity index (χ4v) is 1.46. The number of carboxylic acid groups (broad SMARTS) is 1. The number of carboxylic acids is 1. The Morgan fingerprint density at radius 2 is 1.90 bits per heavy atom. The van der Waals surface area contributed by atoms with Gasteiger partial charge in [0.1, 0.15) is 12.4 Å². The molecule has 1 rings (SSSR count). The van der Waals surface area contributed by atoms with Gasteiger partial charge in [-0.3, -0.25) is 4.79 Å². The Labute approximate surface area is 117 Å². The summed E-state index contributed by atoms with van der Waals surface area (Å²) in [7, 11) is 0. The van der Waals surface area contributed by atoms with Crippen molar-refractivity contribution in [2.24, 2.45) is 0 Å². The van der Waals surface area contributed by atoms with Crippen LogP contribution in [0, 0.1) is 0 Å². The van der Waals surface area contributed by atoms with E-state index in [4.69, 9.17) is 14.6 Å². The molecular weight excluding hydrogens is 262 g/mol. The van der Waals surface area contributed by atoms with Gasteiger partial charge in [0.05, 0.1) is 12.7 Å². The van der Waals surface area contributed by atoms with E-state index in [2.05, 4.69) is 5.32 Å². The van der Waals surface area contributed by atoms with E-state index in [1.807, 2.05) is 13.8 Å². The van der Waals surface area contributed by atoms with Crippen molar-refractivity contribution in [2.45, 2.75) is 20.0 Å². The quantitative estimate of drug-likeness (QED) is 0.702. The molecular formula is C14H19NO5. The maximum Gasteiger partial charge on any atom is 0.329 e. The maximum atomic E-state index is 11.8. The number of amides is 1. The van der Waals surface area contributed by atoms with Crippen molar-refractivity contribution >= 4 is 11.9 Å². The summed E-state index contributed by atoms with van der Waals surface area (Å²) in [5, 5.41) is 11.0. The van der Waals surface area contributed by atoms with Gasteiger partial charge in [0.25, 0.3) is 5.91 Å². The van der Waals surface area contributed by atoms with Crippen LogP contribution < -0.4 is 10.1 Å². The monoisotopic (exact) mass is 281 g/mol. The van der Waals surface area contributed by atoms with E-state index in [-0.39, 0.29) is 31.8 Å². The molecule has 6 heteroatoms. The lowest BCUT2D eigenvalue weighted by atomic mass is 10.2. The zero-order valence-corrected chi connectivity index (χ0v) is 11.6. The Bertz CT molecular complexity index is 441. The van der Waals surface area contributed by atoms with Crippen LogP contribution in [0.3, 0.4) is 0 Å². The van der Waals surface area contributed by atoms with Gasteiger partial charge in [0.2, 0.25) is 0 Å². The Morgan fingerprint density at radius 3 is 2.45 bits per heavy atom. The summed E-state index contributed by atoms with van der Waals surface area (Å²) >= 11 is 0. The molecule has 0 aliphatic rings. The molecule has 0 unspecified atom stereocenters. The van der Waals surface area contributed by atoms with Crippen molar-refractivity contribution in [3.63, 3.8) is 0 Å². The van der Waals surface area contributed by atoms with Gasteiger partial charge < -0.3 is 19.9 Å². The standard InChI is InChI=1S/C14H19NO5/c1-10(2)20-12-5-3-11(4-6-12)14(18)15-7-8-19-9-13(16)17/h3-6,10H,7-9H2,1-2H3,(H,15,18)(H,16,17). The highest BCUT2D eigenvalue weighted by Gasteiger charge is 2.05. The molecule has 0 heterocycles. The second kappa shape index (κ2) is 8.16. The molecule has 0 aliphatic carbocycles. The van der Waals surface area contributed by atoms with Crippen LogP contribution in [0.15, 0.2) is 24.3 Å². The molecule has 0 spiro atoms. The highest BCUT2D eigenvalue weighted by atomic mass is 16.5. The third-order valence-electron chi connectivity index (χ3n) is 2.25. The van der Waals surface area contributed by atoms with Crippen LogP contribution in [0.2, 0.25) is 0 Å². The summed E-state index contributed by atoms with van der Waals surface area (Å²) < 4.78 is 10.3. The van der Waals surface area contributed by atoms with Gasteiger partial charge in [-0.15, -0.1) is 0 Å². The number of carbonyl (C=O) groups excluding carboxylic acids is 1. The summed E-state index contributed by atoms with van der Waals surface area (Å²) in [4.78, 5) is 22.0. The number of hydrogen-bond acceptors (Lipinski definition) is 4. The van der Waals surface area contributed by atoms with E-state index in [1.165, 1.54) is 0 Å². The van der Waals surface area contributed by atoms with E-state index in [9.17, 15) is 9.59 Å². The van der Waals surface area contributed by atoms with Gasteiger partial charge in [-0.1, -0.05) is 0 Å². The molecule has 1 aromatic carbocycles. The van der Waals surface area contributed by atoms with Gasteiger partial charge in [0.15, 0.2) is 0 Å². The van der Waals surface area contributed by atoms with Crippen molar-refractivity contribution < 1.29 is 24.2 Å². The van der Waals surface area contributed by atoms with E-state index in [0.29, 0.717) is 11.3 Å². The molecule has 1 amide bonds. The Morgan fingerprint density at radius 1 is 1.25 bits per heavy atom. The lowest BCUT2D eigenvalue weighted by molar-refractivity contribution is -0.142. The first kappa shape index (κ1) is 16.0. The van der Waals surface area contributed by atoms with E-state index in [0.717, 1.165) is 0 Å². The molecule has 0 aliphatic heterocycles. The molecule has 0 aromatic heterocycles. The molecule has 1 aromatic rings. The van der Waals surface area contributed by atoms with Crippen LogP contribution in [0.4, 0.5) is 0 Å². The first-order valence-electron chi connectivity index (χ1n) is 6.33. The molecule has 0 fully saturated rings. The highest BCUT2D eigenvalue weighted by molar-refractivity contribution is 5.94. The predicted octanol–water partition coefficient (Wildman–Crippen LogP) is 1.30. The molecule has 0 saturated heterocycles. The van der Waals surface area contributed by atoms with Crippen LogP contribution in [0.1, 0.15) is 24.2 Å². The van der Waals surface area contributed by atoms with Gasteiger partial charge in [-0.2, -0.15) is 0 Å². The normalized spacial score (nSPS) is 10.3. The van der Waals surface area contributed by atoms with Crippen molar-refractivity contribution in [3.05, 3.63) is 29.8 Å². The van der Waals surface area contributed by atoms with Gasteiger partial charge in [0, 0.05) is 12.1 Å². The fourth-order valence-electron chi connectivity index (χ4n) is 1.46. The molecule has 6 nitrogen and oxygen atoms in total. The number of nitrogens with one attached hydrogen (secondary N) is 1. The predicted molar refractivity (Wildman–Crippen MR) is 73.0 cm³/mol. The minimum absolute atomic E-state index is 0.0843. The third-order valence-corrected chi connectivity index (χ3v) is 2.25. The lowest BCUT2D eigenvalue weighted by Gasteiger charge is -2.10. The van der Waals surface area contributed by atoms with Crippen LogP contribution in [0.5, 0.6) is 5.75 Å². The Kier molecular flexibility index (Phi) is 6.52. The molecule has 0 atom stereocenters. The van der Waals surface area contributed by atoms with Crippen molar-refractivity contribution in [2.75, 3.05) is 19.8 Å². The molecule has 0 radical (unpaired) electrons. The number of carbonyl (C=O) groups is 2. The summed E-state index contributed by atoms with van der Waals surface area (Å²) in [6, 6.07) is 6.81. The molecule has 0 saturated carbocycles. The first-order valence-corrected chi connectivity index (χ1v) is 6.33. The summed E-state index contributed by atoms with van der Waals surface area (Å²) in [6.07, 6.45) is 0.0843. The molecule has 20 heavy (non-hydrogen) atoms. The summed E-state index contributed by atoms with van der Waals surface area (Å²) in [5.74, 6) is -0.557. The average molecular weight is 281 g/mol. The average Bonchev–Trinajstić information content (AvgIpc) is 2.38. The molecule has 110 valence electrons. The van der Waals surface area contributed by atoms with Crippen LogP contribution >= 0.6 is 0 Å². The third kappa shape index (κ3) is 6.19. The number of benzene rings is 1. The van der Waals surface area contributed by atoms with Gasteiger partial charge in [-0.25, -0.2) is 4.79 Å². The van der Waals surface area contributed by atoms with Crippen LogP contribution in [-0.2, 0) is 9.53 Å². The fraction of sp³-hybridized carbons (Fsp3) is 0.429. The van der Waals surface area contributed by atoms with Gasteiger partial charge in [-0.05, 0) is 38.1 Å². The SMILES string of the molecule is CC(C)Oc1ccc(C(=O)NCCOCC(=O)O)cc1. The number of ether oxygens (including phenoxy) is 2. The summed E-state index contributed by atoms with van der Waals surface area (Å²) in [5.41, 5.74) is 0.513. The smallest absolute Gasteiger partial charge is 0.329 e. The van der Waals surface area contributed by atoms with E-state index < -0.39 is 5.97 Å². The topological polar surface area (TPSA) is 84.9 Å². The molecule has 0 bridgehead atoms. The van der Waals surface area contributed by atoms with Crippen LogP contribution in [0.25, 0.3) is 0 Å². The number of hydrogen-bond donors (Lipinski definition) is 2. The largest absolute Gasteiger partial charge is 0.491 e. The lowest BCUT2D eigenvalue weighted by Crippen LogP contribution is -2.27. The maximum absolute atomic E-state index is 11.8. The van der Waals surface area contributed by atoms with Crippen LogP contribution in [-0.4, -0.2) is 42.8 Å². The van der Waals surface area contributed by atoms with Crippen molar-refractivity contribution in [1.82, 2.24) is 5.32 Å². The zero-order valence-electron chi connectivity index (χ0n) is 11.6. The minimum Gasteiger partial charge on any atom is -0.491 e. The second-order valence-corrected chi connectivity index (χ2v) is 4.39. The number of rotatable bonds is 8. The van der Waals surface area contributed by atoms with Crippen molar-refractivity contribution in [1.29, 1.82) is 0 Å². The Balaban J connectivity index is 2.34. The second-order valence-electron chi connectivity index (χ2n) is 4.39. The summed E-state index contributed by atoms with van der Waals surface area (Å²) in [6.45, 7) is 3.91. The van der Waals surface area contributed by atoms with E-state index in [1.54, 1.807) is 24.3 Å². The first-order chi connectivity index (χ1) is 9.49. The zero-order chi connectivity index (χ0) is 15.0. The Hall–Kier alpha value is -2.08. The minimum atomic E-state index is -1.03. The van der Waals surface area contributed by atoms with E-state index >= 15 is 0 Å².